The van der Waals surface area contributed by atoms with E-state index in [1.807, 2.05) is 71.0 Å². The highest BCUT2D eigenvalue weighted by Gasteiger charge is 2.34. The molecule has 1 atom stereocenters. The molecule has 214 valence electrons. The molecular formula is C32H41N3O4S. The minimum Gasteiger partial charge on any atom is -0.354 e. The number of nitrogens with one attached hydrogen (secondary N) is 1. The van der Waals surface area contributed by atoms with Crippen LogP contribution < -0.4 is 9.62 Å². The first-order valence-electron chi connectivity index (χ1n) is 13.9. The Kier molecular flexibility index (Phi) is 10.9. The quantitative estimate of drug-likeness (QED) is 0.302. The molecule has 0 unspecified atom stereocenters. The predicted molar refractivity (Wildman–Crippen MR) is 161 cm³/mol. The Bertz CT molecular complexity index is 1400. The summed E-state index contributed by atoms with van der Waals surface area (Å²) in [4.78, 5) is 29.1. The Balaban J connectivity index is 2.10. The number of amides is 2. The van der Waals surface area contributed by atoms with Crippen molar-refractivity contribution in [1.29, 1.82) is 0 Å². The van der Waals surface area contributed by atoms with Crippen molar-refractivity contribution in [2.45, 2.75) is 71.4 Å². The second-order valence-electron chi connectivity index (χ2n) is 9.97. The van der Waals surface area contributed by atoms with Gasteiger partial charge < -0.3 is 10.2 Å². The van der Waals surface area contributed by atoms with Crippen molar-refractivity contribution < 1.29 is 18.0 Å². The van der Waals surface area contributed by atoms with Gasteiger partial charge in [-0.15, -0.1) is 0 Å². The molecule has 0 bridgehead atoms. The van der Waals surface area contributed by atoms with Crippen LogP contribution in [0.25, 0.3) is 0 Å². The van der Waals surface area contributed by atoms with Gasteiger partial charge in [-0.2, -0.15) is 0 Å². The van der Waals surface area contributed by atoms with Gasteiger partial charge >= 0.3 is 0 Å². The monoisotopic (exact) mass is 563 g/mol. The maximum absolute atomic E-state index is 14.2. The Morgan fingerprint density at radius 2 is 1.48 bits per heavy atom. The number of aryl methyl sites for hydroxylation is 3. The standard InChI is InChI=1S/C32H41N3O4S/c1-6-21-33-32(37)29(8-3)34(22-27-15-10-9-13-25(27)5)31(36)23-35(30-16-12-11-14-26(30)7-2)40(38,39)28-19-17-24(4)18-20-28/h9-20,29H,6-8,21-23H2,1-5H3,(H,33,37)/t29-/m1/s1. The number of hydrogen-bond acceptors (Lipinski definition) is 4. The normalized spacial score (nSPS) is 12.0. The summed E-state index contributed by atoms with van der Waals surface area (Å²) in [5, 5.41) is 2.92. The molecule has 0 saturated heterocycles. The van der Waals surface area contributed by atoms with Gasteiger partial charge in [-0.3, -0.25) is 13.9 Å². The van der Waals surface area contributed by atoms with E-state index in [2.05, 4.69) is 5.32 Å². The highest BCUT2D eigenvalue weighted by molar-refractivity contribution is 7.92. The third kappa shape index (κ3) is 7.30. The molecule has 40 heavy (non-hydrogen) atoms. The van der Waals surface area contributed by atoms with E-state index < -0.39 is 28.5 Å². The molecule has 0 saturated carbocycles. The van der Waals surface area contributed by atoms with E-state index in [9.17, 15) is 18.0 Å². The molecule has 0 aromatic heterocycles. The second-order valence-corrected chi connectivity index (χ2v) is 11.8. The van der Waals surface area contributed by atoms with Gasteiger partial charge in [-0.25, -0.2) is 8.42 Å². The van der Waals surface area contributed by atoms with Crippen molar-refractivity contribution in [3.8, 4) is 0 Å². The van der Waals surface area contributed by atoms with Crippen molar-refractivity contribution >= 4 is 27.5 Å². The fraction of sp³-hybridized carbons (Fsp3) is 0.375. The van der Waals surface area contributed by atoms with Crippen LogP contribution in [0.15, 0.2) is 77.7 Å². The van der Waals surface area contributed by atoms with E-state index >= 15 is 0 Å². The Labute approximate surface area is 239 Å². The summed E-state index contributed by atoms with van der Waals surface area (Å²) in [5.41, 5.74) is 4.09. The first-order chi connectivity index (χ1) is 19.1. The number of sulfonamides is 1. The van der Waals surface area contributed by atoms with Crippen LogP contribution in [0.1, 0.15) is 55.9 Å². The molecule has 0 spiro atoms. The van der Waals surface area contributed by atoms with Crippen molar-refractivity contribution in [2.75, 3.05) is 17.4 Å². The summed E-state index contributed by atoms with van der Waals surface area (Å²) in [7, 11) is -4.09. The molecule has 0 aliphatic carbocycles. The number of nitrogens with zero attached hydrogens (tertiary/aromatic N) is 2. The Morgan fingerprint density at radius 1 is 0.850 bits per heavy atom. The first kappa shape index (κ1) is 30.9. The summed E-state index contributed by atoms with van der Waals surface area (Å²) in [6.07, 6.45) is 1.75. The zero-order valence-corrected chi connectivity index (χ0v) is 25.0. The smallest absolute Gasteiger partial charge is 0.264 e. The average molecular weight is 564 g/mol. The van der Waals surface area contributed by atoms with Gasteiger partial charge in [0, 0.05) is 13.1 Å². The van der Waals surface area contributed by atoms with Gasteiger partial charge in [0.15, 0.2) is 0 Å². The van der Waals surface area contributed by atoms with Gasteiger partial charge in [0.05, 0.1) is 10.6 Å². The number of hydrogen-bond donors (Lipinski definition) is 1. The maximum atomic E-state index is 14.2. The summed E-state index contributed by atoms with van der Waals surface area (Å²) >= 11 is 0. The molecule has 0 radical (unpaired) electrons. The van der Waals surface area contributed by atoms with E-state index in [0.717, 1.165) is 28.7 Å². The minimum absolute atomic E-state index is 0.106. The number of carbonyl (C=O) groups excluding carboxylic acids is 2. The predicted octanol–water partition coefficient (Wildman–Crippen LogP) is 5.39. The largest absolute Gasteiger partial charge is 0.354 e. The van der Waals surface area contributed by atoms with Crippen LogP contribution in [-0.4, -0.2) is 44.3 Å². The summed E-state index contributed by atoms with van der Waals surface area (Å²) in [6, 6.07) is 20.8. The van der Waals surface area contributed by atoms with Crippen LogP contribution in [-0.2, 0) is 32.6 Å². The fourth-order valence-corrected chi connectivity index (χ4v) is 6.11. The van der Waals surface area contributed by atoms with E-state index in [-0.39, 0.29) is 17.3 Å². The van der Waals surface area contributed by atoms with E-state index in [1.54, 1.807) is 36.4 Å². The molecule has 0 heterocycles. The first-order valence-corrected chi connectivity index (χ1v) is 15.4. The van der Waals surface area contributed by atoms with Crippen LogP contribution in [0, 0.1) is 13.8 Å². The number of carbonyl (C=O) groups is 2. The SMILES string of the molecule is CCCNC(=O)[C@@H](CC)N(Cc1ccccc1C)C(=O)CN(c1ccccc1CC)S(=O)(=O)c1ccc(C)cc1. The van der Waals surface area contributed by atoms with E-state index in [1.165, 1.54) is 9.21 Å². The topological polar surface area (TPSA) is 86.8 Å². The van der Waals surface area contributed by atoms with Gasteiger partial charge in [-0.05, 0) is 68.0 Å². The van der Waals surface area contributed by atoms with Crippen molar-refractivity contribution in [3.63, 3.8) is 0 Å². The molecular weight excluding hydrogens is 522 g/mol. The van der Waals surface area contributed by atoms with Crippen molar-refractivity contribution in [2.24, 2.45) is 0 Å². The summed E-state index contributed by atoms with van der Waals surface area (Å²) in [5.74, 6) is -0.684. The molecule has 2 amide bonds. The highest BCUT2D eigenvalue weighted by atomic mass is 32.2. The van der Waals surface area contributed by atoms with Gasteiger partial charge in [0.1, 0.15) is 12.6 Å². The van der Waals surface area contributed by atoms with Gasteiger partial charge in [0.25, 0.3) is 10.0 Å². The molecule has 8 heteroatoms. The molecule has 0 fully saturated rings. The lowest BCUT2D eigenvalue weighted by Gasteiger charge is -2.34. The molecule has 1 N–H and O–H groups in total. The Hall–Kier alpha value is -3.65. The average Bonchev–Trinajstić information content (AvgIpc) is 2.95. The number of para-hydroxylation sites is 1. The lowest BCUT2D eigenvalue weighted by atomic mass is 10.1. The summed E-state index contributed by atoms with van der Waals surface area (Å²) < 4.78 is 29.3. The maximum Gasteiger partial charge on any atom is 0.264 e. The molecule has 0 aliphatic rings. The zero-order chi connectivity index (χ0) is 29.3. The highest BCUT2D eigenvalue weighted by Crippen LogP contribution is 2.28. The number of rotatable bonds is 13. The molecule has 3 rings (SSSR count). The third-order valence-electron chi connectivity index (χ3n) is 7.07. The third-order valence-corrected chi connectivity index (χ3v) is 8.84. The van der Waals surface area contributed by atoms with E-state index in [4.69, 9.17) is 0 Å². The lowest BCUT2D eigenvalue weighted by Crippen LogP contribution is -2.52. The molecule has 3 aromatic rings. The van der Waals surface area contributed by atoms with Crippen LogP contribution in [0.3, 0.4) is 0 Å². The number of anilines is 1. The molecule has 0 aliphatic heterocycles. The van der Waals surface area contributed by atoms with Crippen LogP contribution >= 0.6 is 0 Å². The van der Waals surface area contributed by atoms with Gasteiger partial charge in [0.2, 0.25) is 11.8 Å². The fourth-order valence-electron chi connectivity index (χ4n) is 4.66. The van der Waals surface area contributed by atoms with Crippen LogP contribution in [0.5, 0.6) is 0 Å². The second kappa shape index (κ2) is 14.1. The van der Waals surface area contributed by atoms with Crippen molar-refractivity contribution in [1.82, 2.24) is 10.2 Å². The van der Waals surface area contributed by atoms with Gasteiger partial charge in [-0.1, -0.05) is 80.9 Å². The van der Waals surface area contributed by atoms with E-state index in [0.29, 0.717) is 25.1 Å². The Morgan fingerprint density at radius 3 is 2.08 bits per heavy atom. The number of benzene rings is 3. The zero-order valence-electron chi connectivity index (χ0n) is 24.2. The summed E-state index contributed by atoms with van der Waals surface area (Å²) in [6.45, 7) is 9.89. The molecule has 3 aromatic carbocycles. The molecule has 7 nitrogen and oxygen atoms in total. The van der Waals surface area contributed by atoms with Crippen molar-refractivity contribution in [3.05, 3.63) is 95.1 Å². The lowest BCUT2D eigenvalue weighted by molar-refractivity contribution is -0.140. The van der Waals surface area contributed by atoms with Crippen LogP contribution in [0.4, 0.5) is 5.69 Å². The minimum atomic E-state index is -4.09. The van der Waals surface area contributed by atoms with Crippen LogP contribution in [0.2, 0.25) is 0 Å².